The second kappa shape index (κ2) is 7.27. The van der Waals surface area contributed by atoms with Crippen LogP contribution in [0.2, 0.25) is 0 Å². The number of anilines is 1. The van der Waals surface area contributed by atoms with E-state index >= 15 is 0 Å². The minimum atomic E-state index is -0.212. The van der Waals surface area contributed by atoms with Crippen LogP contribution in [-0.4, -0.2) is 19.3 Å². The SMILES string of the molecule is Fc1ccc(CNc2ccc(OCC3CCCO3)cc2)cc1. The molecule has 1 aliphatic heterocycles. The number of halogens is 1. The fourth-order valence-electron chi connectivity index (χ4n) is 2.44. The Bertz CT molecular complexity index is 577. The molecule has 1 unspecified atom stereocenters. The van der Waals surface area contributed by atoms with Crippen LogP contribution in [0.1, 0.15) is 18.4 Å². The molecule has 1 saturated heterocycles. The molecule has 0 spiro atoms. The van der Waals surface area contributed by atoms with Gasteiger partial charge in [0.2, 0.25) is 0 Å². The maximum atomic E-state index is 12.8. The maximum Gasteiger partial charge on any atom is 0.123 e. The first-order chi connectivity index (χ1) is 10.8. The lowest BCUT2D eigenvalue weighted by Gasteiger charge is -2.12. The zero-order valence-electron chi connectivity index (χ0n) is 12.4. The summed E-state index contributed by atoms with van der Waals surface area (Å²) < 4.78 is 24.1. The van der Waals surface area contributed by atoms with Crippen LogP contribution in [0.5, 0.6) is 5.75 Å². The average molecular weight is 301 g/mol. The van der Waals surface area contributed by atoms with E-state index in [1.807, 2.05) is 24.3 Å². The fraction of sp³-hybridized carbons (Fsp3) is 0.333. The van der Waals surface area contributed by atoms with Gasteiger partial charge in [-0.15, -0.1) is 0 Å². The quantitative estimate of drug-likeness (QED) is 0.875. The Labute approximate surface area is 130 Å². The van der Waals surface area contributed by atoms with Crippen LogP contribution in [-0.2, 0) is 11.3 Å². The van der Waals surface area contributed by atoms with Gasteiger partial charge in [-0.1, -0.05) is 12.1 Å². The zero-order valence-corrected chi connectivity index (χ0v) is 12.4. The molecular formula is C18H20FNO2. The van der Waals surface area contributed by atoms with Crippen molar-refractivity contribution in [1.82, 2.24) is 0 Å². The van der Waals surface area contributed by atoms with Gasteiger partial charge in [0.05, 0.1) is 6.10 Å². The number of benzene rings is 2. The van der Waals surface area contributed by atoms with Gasteiger partial charge < -0.3 is 14.8 Å². The van der Waals surface area contributed by atoms with Crippen molar-refractivity contribution in [2.24, 2.45) is 0 Å². The van der Waals surface area contributed by atoms with Crippen LogP contribution in [0, 0.1) is 5.82 Å². The molecule has 22 heavy (non-hydrogen) atoms. The van der Waals surface area contributed by atoms with E-state index in [2.05, 4.69) is 5.32 Å². The number of hydrogen-bond donors (Lipinski definition) is 1. The molecule has 2 aromatic rings. The van der Waals surface area contributed by atoms with Gasteiger partial charge in [0, 0.05) is 18.8 Å². The van der Waals surface area contributed by atoms with Gasteiger partial charge >= 0.3 is 0 Å². The van der Waals surface area contributed by atoms with Gasteiger partial charge in [0.25, 0.3) is 0 Å². The van der Waals surface area contributed by atoms with Crippen molar-refractivity contribution in [2.75, 3.05) is 18.5 Å². The minimum absolute atomic E-state index is 0.212. The summed E-state index contributed by atoms with van der Waals surface area (Å²) in [7, 11) is 0. The van der Waals surface area contributed by atoms with E-state index in [-0.39, 0.29) is 11.9 Å². The molecular weight excluding hydrogens is 281 g/mol. The second-order valence-corrected chi connectivity index (χ2v) is 5.45. The van der Waals surface area contributed by atoms with E-state index in [1.54, 1.807) is 12.1 Å². The van der Waals surface area contributed by atoms with Crippen molar-refractivity contribution in [2.45, 2.75) is 25.5 Å². The van der Waals surface area contributed by atoms with Crippen LogP contribution >= 0.6 is 0 Å². The normalized spacial score (nSPS) is 17.4. The van der Waals surface area contributed by atoms with Crippen LogP contribution in [0.4, 0.5) is 10.1 Å². The summed E-state index contributed by atoms with van der Waals surface area (Å²) in [6, 6.07) is 14.4. The minimum Gasteiger partial charge on any atom is -0.491 e. The van der Waals surface area contributed by atoms with Gasteiger partial charge in [-0.2, -0.15) is 0 Å². The van der Waals surface area contributed by atoms with Gasteiger partial charge in [-0.05, 0) is 54.8 Å². The van der Waals surface area contributed by atoms with Crippen molar-refractivity contribution in [3.8, 4) is 5.75 Å². The summed E-state index contributed by atoms with van der Waals surface area (Å²) in [6.45, 7) is 2.12. The molecule has 0 radical (unpaired) electrons. The fourth-order valence-corrected chi connectivity index (χ4v) is 2.44. The van der Waals surface area contributed by atoms with Crippen molar-refractivity contribution >= 4 is 5.69 Å². The third-order valence-electron chi connectivity index (χ3n) is 3.72. The highest BCUT2D eigenvalue weighted by Gasteiger charge is 2.15. The molecule has 1 N–H and O–H groups in total. The molecule has 0 bridgehead atoms. The molecule has 3 rings (SSSR count). The lowest BCUT2D eigenvalue weighted by atomic mass is 10.2. The molecule has 4 heteroatoms. The van der Waals surface area contributed by atoms with Crippen molar-refractivity contribution < 1.29 is 13.9 Å². The second-order valence-electron chi connectivity index (χ2n) is 5.45. The van der Waals surface area contributed by atoms with Crippen molar-refractivity contribution in [3.05, 3.63) is 59.9 Å². The summed E-state index contributed by atoms with van der Waals surface area (Å²) in [4.78, 5) is 0. The molecule has 1 aliphatic rings. The van der Waals surface area contributed by atoms with E-state index in [0.29, 0.717) is 13.2 Å². The first-order valence-corrected chi connectivity index (χ1v) is 7.62. The van der Waals surface area contributed by atoms with Gasteiger partial charge in [-0.3, -0.25) is 0 Å². The highest BCUT2D eigenvalue weighted by Crippen LogP contribution is 2.19. The summed E-state index contributed by atoms with van der Waals surface area (Å²) in [5, 5.41) is 3.30. The summed E-state index contributed by atoms with van der Waals surface area (Å²) in [6.07, 6.45) is 2.44. The highest BCUT2D eigenvalue weighted by atomic mass is 19.1. The number of ether oxygens (including phenoxy) is 2. The molecule has 1 fully saturated rings. The third-order valence-corrected chi connectivity index (χ3v) is 3.72. The summed E-state index contributed by atoms with van der Waals surface area (Å²) >= 11 is 0. The molecule has 1 heterocycles. The zero-order chi connectivity index (χ0) is 15.2. The number of hydrogen-bond acceptors (Lipinski definition) is 3. The molecule has 1 atom stereocenters. The van der Waals surface area contributed by atoms with Crippen molar-refractivity contribution in [3.63, 3.8) is 0 Å². The van der Waals surface area contributed by atoms with Crippen LogP contribution < -0.4 is 10.1 Å². The molecule has 116 valence electrons. The molecule has 0 amide bonds. The van der Waals surface area contributed by atoms with E-state index in [9.17, 15) is 4.39 Å². The van der Waals surface area contributed by atoms with Crippen LogP contribution in [0.15, 0.2) is 48.5 Å². The van der Waals surface area contributed by atoms with E-state index < -0.39 is 0 Å². The molecule has 2 aromatic carbocycles. The Morgan fingerprint density at radius 1 is 1.09 bits per heavy atom. The predicted molar refractivity (Wildman–Crippen MR) is 84.6 cm³/mol. The Morgan fingerprint density at radius 3 is 2.55 bits per heavy atom. The van der Waals surface area contributed by atoms with Gasteiger partial charge in [0.15, 0.2) is 0 Å². The maximum absolute atomic E-state index is 12.8. The van der Waals surface area contributed by atoms with E-state index in [0.717, 1.165) is 36.4 Å². The lowest BCUT2D eigenvalue weighted by molar-refractivity contribution is 0.0679. The van der Waals surface area contributed by atoms with Crippen LogP contribution in [0.3, 0.4) is 0 Å². The molecule has 0 saturated carbocycles. The first kappa shape index (κ1) is 14.9. The number of rotatable bonds is 6. The summed E-state index contributed by atoms with van der Waals surface area (Å²) in [5.41, 5.74) is 2.05. The smallest absolute Gasteiger partial charge is 0.123 e. The van der Waals surface area contributed by atoms with Crippen molar-refractivity contribution in [1.29, 1.82) is 0 Å². The standard InChI is InChI=1S/C18H20FNO2/c19-15-5-3-14(4-6-15)12-20-16-7-9-17(10-8-16)22-13-18-2-1-11-21-18/h3-10,18,20H,1-2,11-13H2. The van der Waals surface area contributed by atoms with Gasteiger partial charge in [0.1, 0.15) is 18.2 Å². The Balaban J connectivity index is 1.47. The van der Waals surface area contributed by atoms with E-state index in [1.165, 1.54) is 12.1 Å². The highest BCUT2D eigenvalue weighted by molar-refractivity contribution is 5.46. The summed E-state index contributed by atoms with van der Waals surface area (Å²) in [5.74, 6) is 0.638. The van der Waals surface area contributed by atoms with Crippen LogP contribution in [0.25, 0.3) is 0 Å². The monoisotopic (exact) mass is 301 g/mol. The Morgan fingerprint density at radius 2 is 1.86 bits per heavy atom. The Hall–Kier alpha value is -2.07. The third kappa shape index (κ3) is 4.21. The molecule has 0 aromatic heterocycles. The lowest BCUT2D eigenvalue weighted by Crippen LogP contribution is -2.16. The molecule has 0 aliphatic carbocycles. The average Bonchev–Trinajstić information content (AvgIpc) is 3.07. The number of nitrogens with one attached hydrogen (secondary N) is 1. The topological polar surface area (TPSA) is 30.5 Å². The largest absolute Gasteiger partial charge is 0.491 e. The van der Waals surface area contributed by atoms with Gasteiger partial charge in [-0.25, -0.2) is 4.39 Å². The molecule has 3 nitrogen and oxygen atoms in total. The first-order valence-electron chi connectivity index (χ1n) is 7.62. The predicted octanol–water partition coefficient (Wildman–Crippen LogP) is 4.00. The van der Waals surface area contributed by atoms with E-state index in [4.69, 9.17) is 9.47 Å². The Kier molecular flexibility index (Phi) is 4.91.